The summed E-state index contributed by atoms with van der Waals surface area (Å²) in [6.45, 7) is 5.13. The highest BCUT2D eigenvalue weighted by Gasteiger charge is 2.28. The number of nitrogens with one attached hydrogen (secondary N) is 1. The van der Waals surface area contributed by atoms with Crippen molar-refractivity contribution < 1.29 is 8.42 Å². The molecular formula is C16H26N2O2S. The fraction of sp³-hybridized carbons (Fsp3) is 0.625. The lowest BCUT2D eigenvalue weighted by Crippen LogP contribution is -2.37. The Labute approximate surface area is 128 Å². The zero-order valence-electron chi connectivity index (χ0n) is 13.2. The lowest BCUT2D eigenvalue weighted by molar-refractivity contribution is 0.250. The average Bonchev–Trinajstić information content (AvgIpc) is 2.45. The van der Waals surface area contributed by atoms with Crippen molar-refractivity contribution in [1.29, 1.82) is 0 Å². The largest absolute Gasteiger partial charge is 0.313 e. The van der Waals surface area contributed by atoms with Crippen LogP contribution < -0.4 is 5.32 Å². The molecule has 1 aromatic carbocycles. The molecule has 1 saturated carbocycles. The second kappa shape index (κ2) is 6.90. The number of hydrogen-bond donors (Lipinski definition) is 1. The van der Waals surface area contributed by atoms with E-state index in [1.807, 2.05) is 33.0 Å². The average molecular weight is 310 g/mol. The fourth-order valence-electron chi connectivity index (χ4n) is 2.62. The molecule has 1 aliphatic carbocycles. The smallest absolute Gasteiger partial charge is 0.243 e. The van der Waals surface area contributed by atoms with Gasteiger partial charge >= 0.3 is 0 Å². The zero-order chi connectivity index (χ0) is 15.5. The van der Waals surface area contributed by atoms with Gasteiger partial charge in [0.1, 0.15) is 0 Å². The van der Waals surface area contributed by atoms with Crippen LogP contribution >= 0.6 is 0 Å². The first-order valence-electron chi connectivity index (χ1n) is 7.76. The quantitative estimate of drug-likeness (QED) is 0.842. The molecule has 5 heteroatoms. The molecule has 0 heterocycles. The third-order valence-corrected chi connectivity index (χ3v) is 6.40. The van der Waals surface area contributed by atoms with Gasteiger partial charge in [-0.1, -0.05) is 25.5 Å². The van der Waals surface area contributed by atoms with E-state index in [4.69, 9.17) is 0 Å². The van der Waals surface area contributed by atoms with Gasteiger partial charge in [0.15, 0.2) is 0 Å². The maximum absolute atomic E-state index is 12.8. The number of rotatable bonds is 7. The minimum absolute atomic E-state index is 0.141. The summed E-state index contributed by atoms with van der Waals surface area (Å²) in [5.41, 5.74) is 0.998. The van der Waals surface area contributed by atoms with Crippen molar-refractivity contribution in [1.82, 2.24) is 9.62 Å². The summed E-state index contributed by atoms with van der Waals surface area (Å²) in [7, 11) is -1.51. The van der Waals surface area contributed by atoms with Gasteiger partial charge in [-0.3, -0.25) is 0 Å². The predicted molar refractivity (Wildman–Crippen MR) is 85.7 cm³/mol. The molecule has 0 bridgehead atoms. The molecule has 0 radical (unpaired) electrons. The molecule has 1 atom stereocenters. The molecule has 1 aliphatic rings. The minimum Gasteiger partial charge on any atom is -0.313 e. The van der Waals surface area contributed by atoms with Gasteiger partial charge in [0.05, 0.1) is 4.90 Å². The van der Waals surface area contributed by atoms with Crippen LogP contribution in [0.2, 0.25) is 0 Å². The summed E-state index contributed by atoms with van der Waals surface area (Å²) >= 11 is 0. The summed E-state index contributed by atoms with van der Waals surface area (Å²) in [4.78, 5) is 0.406. The molecule has 118 valence electrons. The molecule has 4 nitrogen and oxygen atoms in total. The zero-order valence-corrected chi connectivity index (χ0v) is 14.0. The van der Waals surface area contributed by atoms with E-state index in [9.17, 15) is 8.42 Å². The van der Waals surface area contributed by atoms with Crippen LogP contribution in [0.3, 0.4) is 0 Å². The highest BCUT2D eigenvalue weighted by molar-refractivity contribution is 7.89. The van der Waals surface area contributed by atoms with Crippen molar-refractivity contribution in [2.45, 2.75) is 44.0 Å². The van der Waals surface area contributed by atoms with Gasteiger partial charge in [0, 0.05) is 19.1 Å². The third-order valence-electron chi connectivity index (χ3n) is 4.47. The highest BCUT2D eigenvalue weighted by atomic mass is 32.2. The molecule has 0 aliphatic heterocycles. The minimum atomic E-state index is -3.38. The van der Waals surface area contributed by atoms with E-state index in [-0.39, 0.29) is 6.04 Å². The molecule has 21 heavy (non-hydrogen) atoms. The molecule has 2 rings (SSSR count). The lowest BCUT2D eigenvalue weighted by Gasteiger charge is -2.31. The number of benzene rings is 1. The molecule has 1 fully saturated rings. The molecule has 1 unspecified atom stereocenters. The van der Waals surface area contributed by atoms with Gasteiger partial charge in [-0.05, 0) is 50.4 Å². The van der Waals surface area contributed by atoms with E-state index in [1.165, 1.54) is 6.42 Å². The van der Waals surface area contributed by atoms with Gasteiger partial charge in [0.25, 0.3) is 0 Å². The third kappa shape index (κ3) is 3.65. The molecule has 0 spiro atoms. The fourth-order valence-corrected chi connectivity index (χ4v) is 4.20. The van der Waals surface area contributed by atoms with Crippen LogP contribution in [-0.4, -0.2) is 32.9 Å². The Morgan fingerprint density at radius 3 is 2.62 bits per heavy atom. The Balaban J connectivity index is 2.24. The molecule has 0 saturated heterocycles. The van der Waals surface area contributed by atoms with Crippen LogP contribution in [0.15, 0.2) is 29.2 Å². The van der Waals surface area contributed by atoms with E-state index >= 15 is 0 Å². The second-order valence-corrected chi connectivity index (χ2v) is 7.77. The molecule has 0 amide bonds. The molecule has 1 N–H and O–H groups in total. The van der Waals surface area contributed by atoms with Crippen LogP contribution in [-0.2, 0) is 10.0 Å². The Bertz CT molecular complexity index is 567. The van der Waals surface area contributed by atoms with Gasteiger partial charge in [-0.2, -0.15) is 4.31 Å². The van der Waals surface area contributed by atoms with Crippen LogP contribution in [0, 0.1) is 5.92 Å². The second-order valence-electron chi connectivity index (χ2n) is 5.84. The Morgan fingerprint density at radius 1 is 1.38 bits per heavy atom. The van der Waals surface area contributed by atoms with Gasteiger partial charge in [0.2, 0.25) is 10.0 Å². The SMILES string of the molecule is CCN(CC1CCC1)S(=O)(=O)c1cccc(C(C)NC)c1. The number of hydrogen-bond acceptors (Lipinski definition) is 3. The Kier molecular flexibility index (Phi) is 5.41. The topological polar surface area (TPSA) is 49.4 Å². The van der Waals surface area contributed by atoms with Crippen molar-refractivity contribution in [2.75, 3.05) is 20.1 Å². The summed E-state index contributed by atoms with van der Waals surface area (Å²) in [5.74, 6) is 0.541. The first kappa shape index (κ1) is 16.5. The van der Waals surface area contributed by atoms with Crippen LogP contribution in [0.25, 0.3) is 0 Å². The van der Waals surface area contributed by atoms with Crippen LogP contribution in [0.4, 0.5) is 0 Å². The normalized spacial score (nSPS) is 17.7. The van der Waals surface area contributed by atoms with E-state index in [2.05, 4.69) is 5.32 Å². The van der Waals surface area contributed by atoms with Crippen LogP contribution in [0.5, 0.6) is 0 Å². The van der Waals surface area contributed by atoms with E-state index in [0.717, 1.165) is 18.4 Å². The molecular weight excluding hydrogens is 284 g/mol. The highest BCUT2D eigenvalue weighted by Crippen LogP contribution is 2.29. The summed E-state index contributed by atoms with van der Waals surface area (Å²) in [6, 6.07) is 7.42. The van der Waals surface area contributed by atoms with Gasteiger partial charge in [-0.25, -0.2) is 8.42 Å². The summed E-state index contributed by atoms with van der Waals surface area (Å²) in [5, 5.41) is 3.15. The lowest BCUT2D eigenvalue weighted by atomic mass is 9.85. The Morgan fingerprint density at radius 2 is 2.10 bits per heavy atom. The van der Waals surface area contributed by atoms with Crippen LogP contribution in [0.1, 0.15) is 44.7 Å². The van der Waals surface area contributed by atoms with E-state index in [1.54, 1.807) is 16.4 Å². The maximum Gasteiger partial charge on any atom is 0.243 e. The number of sulfonamides is 1. The Hall–Kier alpha value is -0.910. The summed E-state index contributed by atoms with van der Waals surface area (Å²) in [6.07, 6.45) is 3.54. The molecule has 0 aromatic heterocycles. The standard InChI is InChI=1S/C16H26N2O2S/c1-4-18(12-14-7-5-8-14)21(19,20)16-10-6-9-15(11-16)13(2)17-3/h6,9-11,13-14,17H,4-5,7-8,12H2,1-3H3. The van der Waals surface area contributed by atoms with Crippen molar-refractivity contribution in [3.8, 4) is 0 Å². The first-order valence-corrected chi connectivity index (χ1v) is 9.20. The van der Waals surface area contributed by atoms with Gasteiger partial charge in [-0.15, -0.1) is 0 Å². The summed E-state index contributed by atoms with van der Waals surface area (Å²) < 4.78 is 27.2. The van der Waals surface area contributed by atoms with E-state index in [0.29, 0.717) is 23.9 Å². The maximum atomic E-state index is 12.8. The van der Waals surface area contributed by atoms with Gasteiger partial charge < -0.3 is 5.32 Å². The predicted octanol–water partition coefficient (Wildman–Crippen LogP) is 2.78. The van der Waals surface area contributed by atoms with E-state index < -0.39 is 10.0 Å². The first-order chi connectivity index (χ1) is 9.98. The molecule has 1 aromatic rings. The number of nitrogens with zero attached hydrogens (tertiary/aromatic N) is 1. The monoisotopic (exact) mass is 310 g/mol. The van der Waals surface area contributed by atoms with Crippen molar-refractivity contribution in [2.24, 2.45) is 5.92 Å². The van der Waals surface area contributed by atoms with Crippen molar-refractivity contribution >= 4 is 10.0 Å². The van der Waals surface area contributed by atoms with Crippen molar-refractivity contribution in [3.63, 3.8) is 0 Å². The van der Waals surface area contributed by atoms with Crippen molar-refractivity contribution in [3.05, 3.63) is 29.8 Å².